The molecule has 0 saturated carbocycles. The van der Waals surface area contributed by atoms with Gasteiger partial charge in [0.25, 0.3) is 0 Å². The van der Waals surface area contributed by atoms with Gasteiger partial charge in [-0.2, -0.15) is 0 Å². The molecule has 0 spiro atoms. The molecule has 0 aromatic rings. The molecule has 2 atom stereocenters. The van der Waals surface area contributed by atoms with E-state index in [2.05, 4.69) is 4.90 Å². The zero-order valence-corrected chi connectivity index (χ0v) is 7.66. The largest absolute Gasteiger partial charge is 0.345 e. The van der Waals surface area contributed by atoms with Gasteiger partial charge in [-0.25, -0.2) is 4.39 Å². The van der Waals surface area contributed by atoms with E-state index in [4.69, 9.17) is 0 Å². The quantitative estimate of drug-likeness (QED) is 0.578. The molecule has 1 amide bonds. The van der Waals surface area contributed by atoms with E-state index in [0.29, 0.717) is 18.4 Å². The van der Waals surface area contributed by atoms with Crippen LogP contribution in [0.2, 0.25) is 0 Å². The fourth-order valence-electron chi connectivity index (χ4n) is 2.51. The maximum absolute atomic E-state index is 12.1. The van der Waals surface area contributed by atoms with Crippen molar-refractivity contribution in [3.05, 3.63) is 0 Å². The summed E-state index contributed by atoms with van der Waals surface area (Å²) in [5.74, 6) is 1.19. The Morgan fingerprint density at radius 3 is 2.31 bits per heavy atom. The van der Waals surface area contributed by atoms with Crippen molar-refractivity contribution in [2.75, 3.05) is 39.4 Å². The second-order valence-corrected chi connectivity index (χ2v) is 4.03. The number of nitrogens with zero attached hydrogens (tertiary/aromatic N) is 2. The van der Waals surface area contributed by atoms with Crippen LogP contribution >= 0.6 is 0 Å². The summed E-state index contributed by atoms with van der Waals surface area (Å²) in [6.07, 6.45) is 0.928. The van der Waals surface area contributed by atoms with Gasteiger partial charge in [0.05, 0.1) is 0 Å². The topological polar surface area (TPSA) is 23.6 Å². The molecule has 0 radical (unpaired) electrons. The average Bonchev–Trinajstić information content (AvgIpc) is 2.61. The summed E-state index contributed by atoms with van der Waals surface area (Å²) < 4.78 is 12.1. The van der Waals surface area contributed by atoms with Crippen LogP contribution in [0.1, 0.15) is 0 Å². The molecule has 4 heteroatoms. The van der Waals surface area contributed by atoms with Crippen molar-refractivity contribution >= 4 is 6.41 Å². The molecule has 0 N–H and O–H groups in total. The van der Waals surface area contributed by atoms with Crippen molar-refractivity contribution in [2.45, 2.75) is 0 Å². The summed E-state index contributed by atoms with van der Waals surface area (Å²) in [6.45, 7) is 4.00. The number of amides is 1. The molecular formula is C9H15FN2O. The summed E-state index contributed by atoms with van der Waals surface area (Å²) in [6, 6.07) is 0. The number of carbonyl (C=O) groups is 1. The van der Waals surface area contributed by atoms with E-state index in [1.54, 1.807) is 0 Å². The summed E-state index contributed by atoms with van der Waals surface area (Å²) >= 11 is 0. The van der Waals surface area contributed by atoms with Gasteiger partial charge in [-0.15, -0.1) is 0 Å². The van der Waals surface area contributed by atoms with Crippen molar-refractivity contribution < 1.29 is 9.18 Å². The summed E-state index contributed by atoms with van der Waals surface area (Å²) in [5.41, 5.74) is 0. The molecule has 74 valence electrons. The first-order valence-corrected chi connectivity index (χ1v) is 4.81. The summed E-state index contributed by atoms with van der Waals surface area (Å²) in [7, 11) is 0. The Hall–Kier alpha value is -0.640. The number of fused-ring (bicyclic) bond motifs is 1. The third-order valence-corrected chi connectivity index (χ3v) is 3.14. The Morgan fingerprint density at radius 1 is 1.23 bits per heavy atom. The van der Waals surface area contributed by atoms with E-state index in [1.807, 2.05) is 4.90 Å². The van der Waals surface area contributed by atoms with Crippen LogP contribution in [0, 0.1) is 11.8 Å². The molecule has 2 unspecified atom stereocenters. The van der Waals surface area contributed by atoms with Gasteiger partial charge in [-0.05, 0) is 11.8 Å². The van der Waals surface area contributed by atoms with Gasteiger partial charge in [-0.3, -0.25) is 4.79 Å². The molecular weight excluding hydrogens is 171 g/mol. The number of hydrogen-bond acceptors (Lipinski definition) is 2. The lowest BCUT2D eigenvalue weighted by Crippen LogP contribution is -2.29. The van der Waals surface area contributed by atoms with Crippen molar-refractivity contribution in [3.8, 4) is 0 Å². The zero-order valence-electron chi connectivity index (χ0n) is 7.66. The van der Waals surface area contributed by atoms with E-state index in [1.165, 1.54) is 0 Å². The first-order chi connectivity index (χ1) is 6.33. The Balaban J connectivity index is 1.86. The van der Waals surface area contributed by atoms with Crippen LogP contribution in [0.5, 0.6) is 0 Å². The van der Waals surface area contributed by atoms with E-state index >= 15 is 0 Å². The minimum absolute atomic E-state index is 0.253. The molecule has 2 aliphatic rings. The second kappa shape index (κ2) is 3.62. The van der Waals surface area contributed by atoms with Crippen molar-refractivity contribution in [3.63, 3.8) is 0 Å². The molecule has 0 aliphatic carbocycles. The van der Waals surface area contributed by atoms with Crippen LogP contribution in [0.3, 0.4) is 0 Å². The molecule has 2 heterocycles. The molecule has 2 rings (SSSR count). The standard InChI is InChI=1S/C9H15FN2O/c10-1-2-11-3-8-5-12(7-13)6-9(8)4-11/h7-9H,1-6H2. The van der Waals surface area contributed by atoms with Crippen molar-refractivity contribution in [2.24, 2.45) is 11.8 Å². The Kier molecular flexibility index (Phi) is 2.49. The zero-order chi connectivity index (χ0) is 9.26. The van der Waals surface area contributed by atoms with Crippen molar-refractivity contribution in [1.29, 1.82) is 0 Å². The Labute approximate surface area is 77.5 Å². The molecule has 0 bridgehead atoms. The highest BCUT2D eigenvalue weighted by Gasteiger charge is 2.39. The highest BCUT2D eigenvalue weighted by molar-refractivity contribution is 5.47. The maximum Gasteiger partial charge on any atom is 0.209 e. The fraction of sp³-hybridized carbons (Fsp3) is 0.889. The molecule has 3 nitrogen and oxygen atoms in total. The summed E-state index contributed by atoms with van der Waals surface area (Å²) in [5, 5.41) is 0. The fourth-order valence-corrected chi connectivity index (χ4v) is 2.51. The molecule has 2 saturated heterocycles. The Bertz CT molecular complexity index is 186. The van der Waals surface area contributed by atoms with E-state index in [9.17, 15) is 9.18 Å². The second-order valence-electron chi connectivity index (χ2n) is 4.03. The van der Waals surface area contributed by atoms with E-state index < -0.39 is 0 Å². The smallest absolute Gasteiger partial charge is 0.209 e. The Morgan fingerprint density at radius 2 is 1.85 bits per heavy atom. The van der Waals surface area contributed by atoms with Gasteiger partial charge in [0.2, 0.25) is 6.41 Å². The maximum atomic E-state index is 12.1. The number of carbonyl (C=O) groups excluding carboxylic acids is 1. The number of likely N-dealkylation sites (tertiary alicyclic amines) is 2. The van der Waals surface area contributed by atoms with Gasteiger partial charge in [0, 0.05) is 32.7 Å². The molecule has 13 heavy (non-hydrogen) atoms. The SMILES string of the molecule is O=CN1CC2CN(CCF)CC2C1. The lowest BCUT2D eigenvalue weighted by molar-refractivity contribution is -0.117. The number of alkyl halides is 1. The predicted molar refractivity (Wildman–Crippen MR) is 47.0 cm³/mol. The first kappa shape index (κ1) is 8.94. The van der Waals surface area contributed by atoms with E-state index in [0.717, 1.165) is 32.6 Å². The van der Waals surface area contributed by atoms with Crippen LogP contribution in [0.25, 0.3) is 0 Å². The monoisotopic (exact) mass is 186 g/mol. The van der Waals surface area contributed by atoms with Crippen LogP contribution in [0.4, 0.5) is 4.39 Å². The van der Waals surface area contributed by atoms with Crippen molar-refractivity contribution in [1.82, 2.24) is 9.80 Å². The third kappa shape index (κ3) is 1.68. The molecule has 2 fully saturated rings. The van der Waals surface area contributed by atoms with Crippen LogP contribution in [0.15, 0.2) is 0 Å². The molecule has 2 aliphatic heterocycles. The minimum Gasteiger partial charge on any atom is -0.345 e. The van der Waals surface area contributed by atoms with Gasteiger partial charge in [0.15, 0.2) is 0 Å². The van der Waals surface area contributed by atoms with Gasteiger partial charge in [-0.1, -0.05) is 0 Å². The highest BCUT2D eigenvalue weighted by atomic mass is 19.1. The van der Waals surface area contributed by atoms with Gasteiger partial charge in [0.1, 0.15) is 6.67 Å². The number of rotatable bonds is 3. The first-order valence-electron chi connectivity index (χ1n) is 4.81. The number of halogens is 1. The van der Waals surface area contributed by atoms with E-state index in [-0.39, 0.29) is 6.67 Å². The van der Waals surface area contributed by atoms with Gasteiger partial charge < -0.3 is 9.80 Å². The third-order valence-electron chi connectivity index (χ3n) is 3.14. The van der Waals surface area contributed by atoms with Gasteiger partial charge >= 0.3 is 0 Å². The lowest BCUT2D eigenvalue weighted by Gasteiger charge is -2.17. The van der Waals surface area contributed by atoms with Crippen LogP contribution in [-0.2, 0) is 4.79 Å². The average molecular weight is 186 g/mol. The minimum atomic E-state index is -0.253. The predicted octanol–water partition coefficient (Wildman–Crippen LogP) is -0.0241. The van der Waals surface area contributed by atoms with Crippen LogP contribution in [-0.4, -0.2) is 55.6 Å². The molecule has 0 aromatic carbocycles. The van der Waals surface area contributed by atoms with Crippen LogP contribution < -0.4 is 0 Å². The highest BCUT2D eigenvalue weighted by Crippen LogP contribution is 2.29. The molecule has 0 aromatic heterocycles. The number of hydrogen-bond donors (Lipinski definition) is 0. The lowest BCUT2D eigenvalue weighted by atomic mass is 10.0. The summed E-state index contributed by atoms with van der Waals surface area (Å²) in [4.78, 5) is 14.5. The normalized spacial score (nSPS) is 33.8.